The summed E-state index contributed by atoms with van der Waals surface area (Å²) in [5.74, 6) is 0.643. The van der Waals surface area contributed by atoms with Crippen molar-refractivity contribution in [2.75, 3.05) is 0 Å². The smallest absolute Gasteiger partial charge is 0.148 e. The molecule has 0 aromatic rings. The lowest BCUT2D eigenvalue weighted by Gasteiger charge is -2.28. The van der Waals surface area contributed by atoms with Crippen molar-refractivity contribution in [3.63, 3.8) is 0 Å². The van der Waals surface area contributed by atoms with Gasteiger partial charge in [0.1, 0.15) is 11.6 Å². The average Bonchev–Trinajstić information content (AvgIpc) is 2.68. The van der Waals surface area contributed by atoms with Crippen molar-refractivity contribution in [2.45, 2.75) is 66.7 Å². The number of hydrogen-bond acceptors (Lipinski definition) is 2. The van der Waals surface area contributed by atoms with Gasteiger partial charge >= 0.3 is 0 Å². The van der Waals surface area contributed by atoms with E-state index >= 15 is 0 Å². The van der Waals surface area contributed by atoms with Crippen molar-refractivity contribution >= 4 is 11.6 Å². The lowest BCUT2D eigenvalue weighted by Crippen LogP contribution is -2.38. The molecule has 18 heavy (non-hydrogen) atoms. The van der Waals surface area contributed by atoms with Crippen LogP contribution in [0.2, 0.25) is 0 Å². The van der Waals surface area contributed by atoms with Gasteiger partial charge < -0.3 is 0 Å². The highest BCUT2D eigenvalue weighted by atomic mass is 16.2. The summed E-state index contributed by atoms with van der Waals surface area (Å²) in [7, 11) is 0. The van der Waals surface area contributed by atoms with E-state index in [1.807, 2.05) is 34.6 Å². The van der Waals surface area contributed by atoms with Gasteiger partial charge in [-0.3, -0.25) is 9.59 Å². The van der Waals surface area contributed by atoms with Crippen LogP contribution in [0.15, 0.2) is 0 Å². The second-order valence-electron chi connectivity index (χ2n) is 7.20. The molecule has 1 rings (SSSR count). The molecule has 1 fully saturated rings. The zero-order valence-electron chi connectivity index (χ0n) is 12.6. The molecule has 1 atom stereocenters. The summed E-state index contributed by atoms with van der Waals surface area (Å²) < 4.78 is 0. The first-order valence-electron chi connectivity index (χ1n) is 7.30. The Morgan fingerprint density at radius 1 is 1.11 bits per heavy atom. The predicted octanol–water partition coefficient (Wildman–Crippen LogP) is 4.02. The molecular formula is C16H28O2. The Labute approximate surface area is 112 Å². The summed E-state index contributed by atoms with van der Waals surface area (Å²) in [6, 6.07) is 0. The van der Waals surface area contributed by atoms with Crippen LogP contribution in [0.3, 0.4) is 0 Å². The minimum atomic E-state index is -0.403. The van der Waals surface area contributed by atoms with Crippen molar-refractivity contribution in [3.05, 3.63) is 0 Å². The Hall–Kier alpha value is -0.660. The Morgan fingerprint density at radius 3 is 2.00 bits per heavy atom. The second-order valence-corrected chi connectivity index (χ2v) is 7.20. The Morgan fingerprint density at radius 2 is 1.61 bits per heavy atom. The number of carbonyl (C=O) groups excluding carboxylic acids is 2. The molecule has 0 radical (unpaired) electrons. The number of ketones is 2. The summed E-state index contributed by atoms with van der Waals surface area (Å²) in [5.41, 5.74) is -0.403. The highest BCUT2D eigenvalue weighted by Gasteiger charge is 2.40. The van der Waals surface area contributed by atoms with Crippen LogP contribution in [0.1, 0.15) is 66.7 Å². The summed E-state index contributed by atoms with van der Waals surface area (Å²) >= 11 is 0. The first-order chi connectivity index (χ1) is 8.23. The molecule has 2 nitrogen and oxygen atoms in total. The fraction of sp³-hybridized carbons (Fsp3) is 0.875. The summed E-state index contributed by atoms with van der Waals surface area (Å²) in [6.07, 6.45) is 5.00. The first kappa shape index (κ1) is 15.4. The number of rotatable bonds is 5. The topological polar surface area (TPSA) is 34.1 Å². The predicted molar refractivity (Wildman–Crippen MR) is 74.4 cm³/mol. The van der Waals surface area contributed by atoms with Gasteiger partial charge in [-0.15, -0.1) is 0 Å². The van der Waals surface area contributed by atoms with Crippen LogP contribution >= 0.6 is 0 Å². The maximum Gasteiger partial charge on any atom is 0.148 e. The van der Waals surface area contributed by atoms with Crippen molar-refractivity contribution in [2.24, 2.45) is 23.2 Å². The normalized spacial score (nSPS) is 19.2. The van der Waals surface area contributed by atoms with Gasteiger partial charge in [-0.05, 0) is 24.7 Å². The Kier molecular flexibility index (Phi) is 5.12. The first-order valence-corrected chi connectivity index (χ1v) is 7.30. The van der Waals surface area contributed by atoms with Crippen LogP contribution in [0.5, 0.6) is 0 Å². The maximum atomic E-state index is 12.6. The van der Waals surface area contributed by atoms with Gasteiger partial charge in [-0.1, -0.05) is 47.5 Å². The third kappa shape index (κ3) is 3.93. The second kappa shape index (κ2) is 5.99. The molecule has 1 saturated carbocycles. The fourth-order valence-electron chi connectivity index (χ4n) is 2.91. The lowest BCUT2D eigenvalue weighted by atomic mass is 9.73. The molecule has 1 aliphatic carbocycles. The SMILES string of the molecule is CC(C)CC(=O)C(C(=O)C(C)(C)C)C1CCCC1. The molecule has 0 amide bonds. The minimum absolute atomic E-state index is 0.153. The highest BCUT2D eigenvalue weighted by molar-refractivity contribution is 6.04. The number of hydrogen-bond donors (Lipinski definition) is 0. The number of Topliss-reactive ketones (excluding diaryl/α,β-unsaturated/α-hetero) is 2. The molecule has 0 aromatic carbocycles. The van der Waals surface area contributed by atoms with Gasteiger partial charge in [0.2, 0.25) is 0 Å². The third-order valence-electron chi connectivity index (χ3n) is 3.85. The molecule has 0 saturated heterocycles. The summed E-state index contributed by atoms with van der Waals surface area (Å²) in [4.78, 5) is 25.0. The van der Waals surface area contributed by atoms with Crippen molar-refractivity contribution < 1.29 is 9.59 Å². The molecule has 1 aliphatic rings. The van der Waals surface area contributed by atoms with E-state index in [-0.39, 0.29) is 17.5 Å². The zero-order valence-corrected chi connectivity index (χ0v) is 12.6. The quantitative estimate of drug-likeness (QED) is 0.692. The highest BCUT2D eigenvalue weighted by Crippen LogP contribution is 2.37. The molecule has 0 heterocycles. The molecular weight excluding hydrogens is 224 g/mol. The Balaban J connectivity index is 2.87. The van der Waals surface area contributed by atoms with Gasteiger partial charge in [0.15, 0.2) is 0 Å². The summed E-state index contributed by atoms with van der Waals surface area (Å²) in [6.45, 7) is 9.89. The monoisotopic (exact) mass is 252 g/mol. The van der Waals surface area contributed by atoms with E-state index in [0.29, 0.717) is 18.3 Å². The standard InChI is InChI=1S/C16H28O2/c1-11(2)10-13(17)14(12-8-6-7-9-12)15(18)16(3,4)5/h11-12,14H,6-10H2,1-5H3. The van der Waals surface area contributed by atoms with Crippen molar-refractivity contribution in [1.29, 1.82) is 0 Å². The number of carbonyl (C=O) groups is 2. The van der Waals surface area contributed by atoms with E-state index in [9.17, 15) is 9.59 Å². The molecule has 104 valence electrons. The summed E-state index contributed by atoms with van der Waals surface area (Å²) in [5, 5.41) is 0. The van der Waals surface area contributed by atoms with E-state index in [1.54, 1.807) is 0 Å². The maximum absolute atomic E-state index is 12.6. The van der Waals surface area contributed by atoms with E-state index in [4.69, 9.17) is 0 Å². The van der Waals surface area contributed by atoms with E-state index < -0.39 is 5.41 Å². The van der Waals surface area contributed by atoms with Crippen LogP contribution in [-0.2, 0) is 9.59 Å². The van der Waals surface area contributed by atoms with E-state index in [0.717, 1.165) is 12.8 Å². The van der Waals surface area contributed by atoms with Gasteiger partial charge in [-0.2, -0.15) is 0 Å². The van der Waals surface area contributed by atoms with Gasteiger partial charge in [-0.25, -0.2) is 0 Å². The Bertz CT molecular complexity index is 304. The van der Waals surface area contributed by atoms with Crippen LogP contribution in [0, 0.1) is 23.2 Å². The molecule has 0 aromatic heterocycles. The van der Waals surface area contributed by atoms with Crippen LogP contribution < -0.4 is 0 Å². The van der Waals surface area contributed by atoms with Gasteiger partial charge in [0, 0.05) is 11.8 Å². The van der Waals surface area contributed by atoms with Crippen LogP contribution in [-0.4, -0.2) is 11.6 Å². The molecule has 0 bridgehead atoms. The average molecular weight is 252 g/mol. The fourth-order valence-corrected chi connectivity index (χ4v) is 2.91. The van der Waals surface area contributed by atoms with Crippen LogP contribution in [0.4, 0.5) is 0 Å². The molecule has 2 heteroatoms. The van der Waals surface area contributed by atoms with Crippen molar-refractivity contribution in [1.82, 2.24) is 0 Å². The van der Waals surface area contributed by atoms with E-state index in [2.05, 4.69) is 0 Å². The molecule has 0 spiro atoms. The molecule has 0 aliphatic heterocycles. The van der Waals surface area contributed by atoms with E-state index in [1.165, 1.54) is 12.8 Å². The minimum Gasteiger partial charge on any atom is -0.299 e. The lowest BCUT2D eigenvalue weighted by molar-refractivity contribution is -0.140. The largest absolute Gasteiger partial charge is 0.299 e. The zero-order chi connectivity index (χ0) is 13.9. The van der Waals surface area contributed by atoms with Gasteiger partial charge in [0.25, 0.3) is 0 Å². The van der Waals surface area contributed by atoms with Gasteiger partial charge in [0.05, 0.1) is 5.92 Å². The molecule has 0 N–H and O–H groups in total. The van der Waals surface area contributed by atoms with Crippen molar-refractivity contribution in [3.8, 4) is 0 Å². The third-order valence-corrected chi connectivity index (χ3v) is 3.85. The molecule has 1 unspecified atom stereocenters. The van der Waals surface area contributed by atoms with Crippen LogP contribution in [0.25, 0.3) is 0 Å².